The van der Waals surface area contributed by atoms with Crippen LogP contribution in [0.2, 0.25) is 0 Å². The summed E-state index contributed by atoms with van der Waals surface area (Å²) in [5, 5.41) is 2.99. The van der Waals surface area contributed by atoms with E-state index in [-0.39, 0.29) is 17.7 Å². The lowest BCUT2D eigenvalue weighted by molar-refractivity contribution is -0.132. The van der Waals surface area contributed by atoms with Crippen LogP contribution >= 0.6 is 0 Å². The molecule has 23 heavy (non-hydrogen) atoms. The summed E-state index contributed by atoms with van der Waals surface area (Å²) in [4.78, 5) is 30.0. The molecule has 0 bridgehead atoms. The van der Waals surface area contributed by atoms with Gasteiger partial charge in [0.2, 0.25) is 11.8 Å². The van der Waals surface area contributed by atoms with Gasteiger partial charge in [-0.15, -0.1) is 0 Å². The van der Waals surface area contributed by atoms with Crippen molar-refractivity contribution in [2.45, 2.75) is 33.6 Å². The van der Waals surface area contributed by atoms with Crippen LogP contribution in [-0.2, 0) is 9.59 Å². The number of likely N-dealkylation sites (tertiary alicyclic amines) is 1. The van der Waals surface area contributed by atoms with Crippen LogP contribution in [-0.4, -0.2) is 39.2 Å². The maximum Gasteiger partial charge on any atom is 0.227 e. The highest BCUT2D eigenvalue weighted by Gasteiger charge is 2.26. The molecular weight excluding hydrogens is 292 g/mol. The largest absolute Gasteiger partial charge is 0.343 e. The van der Waals surface area contributed by atoms with Crippen LogP contribution in [0.3, 0.4) is 0 Å². The van der Waals surface area contributed by atoms with Gasteiger partial charge in [0.25, 0.3) is 0 Å². The first-order valence-electron chi connectivity index (χ1n) is 7.97. The van der Waals surface area contributed by atoms with Gasteiger partial charge in [0.05, 0.1) is 11.4 Å². The molecule has 0 unspecified atom stereocenters. The summed E-state index contributed by atoms with van der Waals surface area (Å²) < 4.78 is 1.99. The monoisotopic (exact) mass is 314 g/mol. The van der Waals surface area contributed by atoms with E-state index < -0.39 is 0 Å². The molecule has 2 aromatic rings. The SMILES string of the molecule is CC(=O)N1CCC(C(=O)Nc2ccc3nc(C)c(C)n3c2)CC1. The lowest BCUT2D eigenvalue weighted by atomic mass is 9.96. The number of hydrogen-bond donors (Lipinski definition) is 1. The Hall–Kier alpha value is -2.37. The van der Waals surface area contributed by atoms with Gasteiger partial charge in [-0.05, 0) is 38.8 Å². The maximum absolute atomic E-state index is 12.4. The summed E-state index contributed by atoms with van der Waals surface area (Å²) >= 11 is 0. The highest BCUT2D eigenvalue weighted by Crippen LogP contribution is 2.20. The van der Waals surface area contributed by atoms with Crippen LogP contribution in [0.15, 0.2) is 18.3 Å². The predicted octanol–water partition coefficient (Wildman–Crippen LogP) is 2.15. The minimum Gasteiger partial charge on any atom is -0.343 e. The zero-order valence-electron chi connectivity index (χ0n) is 13.8. The van der Waals surface area contributed by atoms with Gasteiger partial charge in [-0.3, -0.25) is 9.59 Å². The normalized spacial score (nSPS) is 15.9. The predicted molar refractivity (Wildman–Crippen MR) is 88.3 cm³/mol. The number of nitrogens with one attached hydrogen (secondary N) is 1. The first-order valence-corrected chi connectivity index (χ1v) is 7.97. The van der Waals surface area contributed by atoms with Gasteiger partial charge in [0, 0.05) is 37.8 Å². The van der Waals surface area contributed by atoms with Crippen molar-refractivity contribution in [3.05, 3.63) is 29.7 Å². The van der Waals surface area contributed by atoms with Gasteiger partial charge in [0.15, 0.2) is 0 Å². The Morgan fingerprint density at radius 2 is 1.91 bits per heavy atom. The molecule has 6 heteroatoms. The quantitative estimate of drug-likeness (QED) is 0.923. The van der Waals surface area contributed by atoms with Crippen molar-refractivity contribution >= 4 is 23.1 Å². The highest BCUT2D eigenvalue weighted by molar-refractivity contribution is 5.92. The third kappa shape index (κ3) is 3.06. The van der Waals surface area contributed by atoms with Gasteiger partial charge in [-0.2, -0.15) is 0 Å². The molecular formula is C17H22N4O2. The number of imidazole rings is 1. The van der Waals surface area contributed by atoms with Crippen LogP contribution in [0.4, 0.5) is 5.69 Å². The zero-order valence-corrected chi connectivity index (χ0v) is 13.8. The Bertz CT molecular complexity index is 757. The summed E-state index contributed by atoms with van der Waals surface area (Å²) in [6.07, 6.45) is 3.35. The van der Waals surface area contributed by atoms with Gasteiger partial charge in [0.1, 0.15) is 5.65 Å². The fourth-order valence-electron chi connectivity index (χ4n) is 3.05. The average molecular weight is 314 g/mol. The molecule has 2 amide bonds. The number of anilines is 1. The number of carbonyl (C=O) groups is 2. The first-order chi connectivity index (χ1) is 11.0. The van der Waals surface area contributed by atoms with Crippen molar-refractivity contribution in [2.75, 3.05) is 18.4 Å². The van der Waals surface area contributed by atoms with E-state index in [4.69, 9.17) is 0 Å². The van der Waals surface area contributed by atoms with E-state index in [1.165, 1.54) is 0 Å². The van der Waals surface area contributed by atoms with Crippen LogP contribution < -0.4 is 5.32 Å². The summed E-state index contributed by atoms with van der Waals surface area (Å²) in [5.41, 5.74) is 3.72. The molecule has 0 saturated carbocycles. The van der Waals surface area contributed by atoms with Crippen LogP contribution in [0, 0.1) is 19.8 Å². The molecule has 3 rings (SSSR count). The molecule has 1 fully saturated rings. The number of carbonyl (C=O) groups excluding carboxylic acids is 2. The fourth-order valence-corrected chi connectivity index (χ4v) is 3.05. The van der Waals surface area contributed by atoms with Crippen LogP contribution in [0.25, 0.3) is 5.65 Å². The molecule has 0 atom stereocenters. The number of nitrogens with zero attached hydrogens (tertiary/aromatic N) is 3. The number of piperidine rings is 1. The number of aryl methyl sites for hydroxylation is 2. The van der Waals surface area contributed by atoms with Gasteiger partial charge in [-0.1, -0.05) is 0 Å². The minimum atomic E-state index is -0.0353. The molecule has 2 aromatic heterocycles. The van der Waals surface area contributed by atoms with Gasteiger partial charge >= 0.3 is 0 Å². The maximum atomic E-state index is 12.4. The Morgan fingerprint density at radius 1 is 1.22 bits per heavy atom. The number of hydrogen-bond acceptors (Lipinski definition) is 3. The molecule has 0 spiro atoms. The molecule has 0 aromatic carbocycles. The topological polar surface area (TPSA) is 66.7 Å². The van der Waals surface area contributed by atoms with Crippen LogP contribution in [0.1, 0.15) is 31.2 Å². The molecule has 1 aliphatic rings. The second-order valence-electron chi connectivity index (χ2n) is 6.20. The van der Waals surface area contributed by atoms with Crippen molar-refractivity contribution in [1.29, 1.82) is 0 Å². The third-order valence-corrected chi connectivity index (χ3v) is 4.67. The van der Waals surface area contributed by atoms with E-state index in [1.54, 1.807) is 11.8 Å². The molecule has 1 saturated heterocycles. The van der Waals surface area contributed by atoms with Crippen molar-refractivity contribution in [1.82, 2.24) is 14.3 Å². The van der Waals surface area contributed by atoms with E-state index >= 15 is 0 Å². The lowest BCUT2D eigenvalue weighted by Crippen LogP contribution is -2.40. The Kier molecular flexibility index (Phi) is 4.07. The van der Waals surface area contributed by atoms with Crippen molar-refractivity contribution in [3.8, 4) is 0 Å². The first kappa shape index (κ1) is 15.5. The lowest BCUT2D eigenvalue weighted by Gasteiger charge is -2.30. The second-order valence-corrected chi connectivity index (χ2v) is 6.20. The molecule has 1 aliphatic heterocycles. The van der Waals surface area contributed by atoms with E-state index in [2.05, 4.69) is 10.3 Å². The molecule has 122 valence electrons. The molecule has 0 radical (unpaired) electrons. The smallest absolute Gasteiger partial charge is 0.227 e. The van der Waals surface area contributed by atoms with Crippen molar-refractivity contribution in [3.63, 3.8) is 0 Å². The summed E-state index contributed by atoms with van der Waals surface area (Å²) in [7, 11) is 0. The molecule has 3 heterocycles. The molecule has 1 N–H and O–H groups in total. The summed E-state index contributed by atoms with van der Waals surface area (Å²) in [5.74, 6) is 0.0780. The van der Waals surface area contributed by atoms with E-state index in [9.17, 15) is 9.59 Å². The Labute approximate surface area is 135 Å². The van der Waals surface area contributed by atoms with E-state index in [0.29, 0.717) is 13.1 Å². The Morgan fingerprint density at radius 3 is 2.57 bits per heavy atom. The van der Waals surface area contributed by atoms with Crippen molar-refractivity contribution in [2.24, 2.45) is 5.92 Å². The standard InChI is InChI=1S/C17H22N4O2/c1-11-12(2)21-10-15(4-5-16(21)18-11)19-17(23)14-6-8-20(9-7-14)13(3)22/h4-5,10,14H,6-9H2,1-3H3,(H,19,23). The summed E-state index contributed by atoms with van der Waals surface area (Å²) in [6, 6.07) is 3.79. The number of amides is 2. The second kappa shape index (κ2) is 6.02. The number of fused-ring (bicyclic) bond motifs is 1. The zero-order chi connectivity index (χ0) is 16.6. The number of pyridine rings is 1. The van der Waals surface area contributed by atoms with Crippen molar-refractivity contribution < 1.29 is 9.59 Å². The highest BCUT2D eigenvalue weighted by atomic mass is 16.2. The third-order valence-electron chi connectivity index (χ3n) is 4.67. The average Bonchev–Trinajstić information content (AvgIpc) is 2.82. The van der Waals surface area contributed by atoms with E-state index in [0.717, 1.165) is 35.6 Å². The van der Waals surface area contributed by atoms with Gasteiger partial charge in [-0.25, -0.2) is 4.98 Å². The number of rotatable bonds is 2. The number of aromatic nitrogens is 2. The Balaban J connectivity index is 1.68. The van der Waals surface area contributed by atoms with E-state index in [1.807, 2.05) is 36.6 Å². The van der Waals surface area contributed by atoms with Gasteiger partial charge < -0.3 is 14.6 Å². The summed E-state index contributed by atoms with van der Waals surface area (Å²) in [6.45, 7) is 6.88. The molecule has 6 nitrogen and oxygen atoms in total. The fraction of sp³-hybridized carbons (Fsp3) is 0.471. The minimum absolute atomic E-state index is 0.0297. The molecule has 0 aliphatic carbocycles. The van der Waals surface area contributed by atoms with Crippen LogP contribution in [0.5, 0.6) is 0 Å².